The summed E-state index contributed by atoms with van der Waals surface area (Å²) in [6, 6.07) is -2.18. The molecule has 0 bridgehead atoms. The van der Waals surface area contributed by atoms with E-state index in [1.165, 1.54) is 0 Å². The van der Waals surface area contributed by atoms with Crippen LogP contribution in [0.2, 0.25) is 0 Å². The van der Waals surface area contributed by atoms with Gasteiger partial charge in [0, 0.05) is 26.2 Å². The molecule has 1 atom stereocenters. The highest BCUT2D eigenvalue weighted by atomic mass is 16.4. The summed E-state index contributed by atoms with van der Waals surface area (Å²) in [7, 11) is 0. The summed E-state index contributed by atoms with van der Waals surface area (Å²) < 4.78 is 0. The Kier molecular flexibility index (Phi) is 6.03. The molecule has 108 valence electrons. The molecular formula is C10H18N4O5. The monoisotopic (exact) mass is 274 g/mol. The van der Waals surface area contributed by atoms with E-state index < -0.39 is 24.6 Å². The molecular weight excluding hydrogens is 256 g/mol. The van der Waals surface area contributed by atoms with Crippen LogP contribution in [-0.2, 0) is 9.59 Å². The van der Waals surface area contributed by atoms with Crippen LogP contribution < -0.4 is 16.0 Å². The smallest absolute Gasteiger partial charge is 0.328 e. The first-order valence-electron chi connectivity index (χ1n) is 5.91. The van der Waals surface area contributed by atoms with E-state index in [-0.39, 0.29) is 12.5 Å². The van der Waals surface area contributed by atoms with Crippen molar-refractivity contribution in [3.05, 3.63) is 0 Å². The minimum Gasteiger partial charge on any atom is -0.480 e. The van der Waals surface area contributed by atoms with Crippen molar-refractivity contribution in [3.63, 3.8) is 0 Å². The summed E-state index contributed by atoms with van der Waals surface area (Å²) in [6.45, 7) is 1.66. The van der Waals surface area contributed by atoms with Gasteiger partial charge in [-0.2, -0.15) is 0 Å². The van der Waals surface area contributed by atoms with E-state index in [9.17, 15) is 14.4 Å². The second-order valence-corrected chi connectivity index (χ2v) is 4.03. The maximum atomic E-state index is 11.7. The summed E-state index contributed by atoms with van der Waals surface area (Å²) in [5.41, 5.74) is 0. The fourth-order valence-corrected chi connectivity index (χ4v) is 1.58. The molecule has 0 aliphatic carbocycles. The van der Waals surface area contributed by atoms with E-state index in [2.05, 4.69) is 10.6 Å². The summed E-state index contributed by atoms with van der Waals surface area (Å²) in [4.78, 5) is 35.2. The molecule has 1 heterocycles. The van der Waals surface area contributed by atoms with Crippen LogP contribution in [0.5, 0.6) is 0 Å². The molecule has 1 saturated heterocycles. The number of carbonyl (C=O) groups excluding carboxylic acids is 2. The van der Waals surface area contributed by atoms with Crippen molar-refractivity contribution in [2.45, 2.75) is 6.04 Å². The number of aliphatic hydroxyl groups is 1. The van der Waals surface area contributed by atoms with Gasteiger partial charge in [-0.15, -0.1) is 0 Å². The van der Waals surface area contributed by atoms with Crippen molar-refractivity contribution in [1.29, 1.82) is 0 Å². The third kappa shape index (κ3) is 5.10. The molecule has 0 aromatic heterocycles. The second-order valence-electron chi connectivity index (χ2n) is 4.03. The summed E-state index contributed by atoms with van der Waals surface area (Å²) in [6.07, 6.45) is 0. The number of aliphatic carboxylic acids is 1. The number of nitrogens with zero attached hydrogens (tertiary/aromatic N) is 1. The number of hydrogen-bond donors (Lipinski definition) is 5. The van der Waals surface area contributed by atoms with Crippen molar-refractivity contribution in [2.75, 3.05) is 39.3 Å². The van der Waals surface area contributed by atoms with E-state index in [4.69, 9.17) is 10.2 Å². The maximum Gasteiger partial charge on any atom is 0.328 e. The van der Waals surface area contributed by atoms with Crippen molar-refractivity contribution in [1.82, 2.24) is 20.9 Å². The molecule has 1 aliphatic heterocycles. The number of carbonyl (C=O) groups is 3. The van der Waals surface area contributed by atoms with Gasteiger partial charge in [-0.1, -0.05) is 0 Å². The molecule has 9 nitrogen and oxygen atoms in total. The molecule has 1 fully saturated rings. The number of urea groups is 1. The average Bonchev–Trinajstić information content (AvgIpc) is 2.42. The Balaban J connectivity index is 2.29. The average molecular weight is 274 g/mol. The Morgan fingerprint density at radius 1 is 1.26 bits per heavy atom. The van der Waals surface area contributed by atoms with Crippen LogP contribution in [0.3, 0.4) is 0 Å². The van der Waals surface area contributed by atoms with E-state index in [1.54, 1.807) is 4.90 Å². The first kappa shape index (κ1) is 15.2. The van der Waals surface area contributed by atoms with Crippen LogP contribution in [-0.4, -0.2) is 78.4 Å². The van der Waals surface area contributed by atoms with Gasteiger partial charge in [0.2, 0.25) is 5.91 Å². The SMILES string of the molecule is O=C(NCC(=O)N1CCNCC1)N[C@H](CO)C(=O)O. The van der Waals surface area contributed by atoms with Gasteiger partial charge in [-0.05, 0) is 0 Å². The van der Waals surface area contributed by atoms with Gasteiger partial charge in [-0.25, -0.2) is 9.59 Å². The molecule has 5 N–H and O–H groups in total. The molecule has 0 unspecified atom stereocenters. The van der Waals surface area contributed by atoms with E-state index in [0.29, 0.717) is 26.2 Å². The second kappa shape index (κ2) is 7.54. The fraction of sp³-hybridized carbons (Fsp3) is 0.700. The largest absolute Gasteiger partial charge is 0.480 e. The van der Waals surface area contributed by atoms with Crippen LogP contribution in [0.4, 0.5) is 4.79 Å². The number of aliphatic hydroxyl groups excluding tert-OH is 1. The number of piperazine rings is 1. The highest BCUT2D eigenvalue weighted by Crippen LogP contribution is 1.92. The third-order valence-electron chi connectivity index (χ3n) is 2.66. The normalized spacial score (nSPS) is 16.6. The minimum atomic E-state index is -1.38. The Morgan fingerprint density at radius 3 is 2.42 bits per heavy atom. The fourth-order valence-electron chi connectivity index (χ4n) is 1.58. The molecule has 1 rings (SSSR count). The van der Waals surface area contributed by atoms with Crippen molar-refractivity contribution in [2.24, 2.45) is 0 Å². The quantitative estimate of drug-likeness (QED) is 0.367. The summed E-state index contributed by atoms with van der Waals surface area (Å²) in [5, 5.41) is 24.7. The summed E-state index contributed by atoms with van der Waals surface area (Å²) >= 11 is 0. The first-order chi connectivity index (χ1) is 9.04. The number of carboxylic acid groups (broad SMARTS) is 1. The van der Waals surface area contributed by atoms with Crippen molar-refractivity contribution in [3.8, 4) is 0 Å². The molecule has 1 aliphatic rings. The zero-order chi connectivity index (χ0) is 14.3. The van der Waals surface area contributed by atoms with Crippen LogP contribution in [0.25, 0.3) is 0 Å². The molecule has 0 aromatic rings. The Bertz CT molecular complexity index is 343. The van der Waals surface area contributed by atoms with Crippen LogP contribution in [0, 0.1) is 0 Å². The number of carboxylic acids is 1. The number of hydrogen-bond acceptors (Lipinski definition) is 5. The van der Waals surface area contributed by atoms with Gasteiger partial charge in [0.05, 0.1) is 13.2 Å². The number of rotatable bonds is 5. The van der Waals surface area contributed by atoms with E-state index in [0.717, 1.165) is 0 Å². The third-order valence-corrected chi connectivity index (χ3v) is 2.66. The standard InChI is InChI=1S/C10H18N4O5/c15-6-7(9(17)18)13-10(19)12-5-8(16)14-3-1-11-2-4-14/h7,11,15H,1-6H2,(H,17,18)(H2,12,13,19)/t7-/m1/s1. The van der Waals surface area contributed by atoms with Gasteiger partial charge in [-0.3, -0.25) is 4.79 Å². The molecule has 19 heavy (non-hydrogen) atoms. The van der Waals surface area contributed by atoms with E-state index in [1.807, 2.05) is 5.32 Å². The van der Waals surface area contributed by atoms with Crippen molar-refractivity contribution < 1.29 is 24.6 Å². The van der Waals surface area contributed by atoms with Gasteiger partial charge in [0.15, 0.2) is 6.04 Å². The Labute approximate surface area is 110 Å². The predicted octanol–water partition coefficient (Wildman–Crippen LogP) is -2.84. The lowest BCUT2D eigenvalue weighted by Gasteiger charge is -2.27. The summed E-state index contributed by atoms with van der Waals surface area (Å²) in [5.74, 6) is -1.57. The van der Waals surface area contributed by atoms with Crippen LogP contribution in [0.1, 0.15) is 0 Å². The Hall–Kier alpha value is -1.87. The molecule has 9 heteroatoms. The minimum absolute atomic E-state index is 0.205. The Morgan fingerprint density at radius 2 is 1.89 bits per heavy atom. The highest BCUT2D eigenvalue weighted by Gasteiger charge is 2.20. The molecule has 0 radical (unpaired) electrons. The molecule has 0 spiro atoms. The van der Waals surface area contributed by atoms with Gasteiger partial charge in [0.1, 0.15) is 0 Å². The van der Waals surface area contributed by atoms with Gasteiger partial charge in [0.25, 0.3) is 0 Å². The topological polar surface area (TPSA) is 131 Å². The lowest BCUT2D eigenvalue weighted by Crippen LogP contribution is -2.52. The zero-order valence-corrected chi connectivity index (χ0v) is 10.4. The number of nitrogens with one attached hydrogen (secondary N) is 3. The maximum absolute atomic E-state index is 11.7. The molecule has 0 saturated carbocycles. The first-order valence-corrected chi connectivity index (χ1v) is 5.91. The highest BCUT2D eigenvalue weighted by molar-refractivity contribution is 5.86. The molecule has 3 amide bonds. The van der Waals surface area contributed by atoms with Crippen molar-refractivity contribution >= 4 is 17.9 Å². The number of amides is 3. The van der Waals surface area contributed by atoms with Gasteiger partial charge >= 0.3 is 12.0 Å². The molecule has 0 aromatic carbocycles. The lowest BCUT2D eigenvalue weighted by molar-refractivity contribution is -0.140. The zero-order valence-electron chi connectivity index (χ0n) is 10.4. The van der Waals surface area contributed by atoms with E-state index >= 15 is 0 Å². The lowest BCUT2D eigenvalue weighted by atomic mass is 10.3. The van der Waals surface area contributed by atoms with Crippen LogP contribution >= 0.6 is 0 Å². The van der Waals surface area contributed by atoms with Crippen LogP contribution in [0.15, 0.2) is 0 Å². The van der Waals surface area contributed by atoms with Gasteiger partial charge < -0.3 is 31.1 Å². The predicted molar refractivity (Wildman–Crippen MR) is 64.5 cm³/mol.